The maximum absolute atomic E-state index is 12.6. The summed E-state index contributed by atoms with van der Waals surface area (Å²) in [6, 6.07) is 4.52. The van der Waals surface area contributed by atoms with Crippen LogP contribution in [0.4, 0.5) is 0 Å². The molecule has 1 aliphatic heterocycles. The van der Waals surface area contributed by atoms with Crippen molar-refractivity contribution in [2.24, 2.45) is 0 Å². The fraction of sp³-hybridized carbons (Fsp3) is 0.500. The van der Waals surface area contributed by atoms with Crippen molar-refractivity contribution in [3.63, 3.8) is 0 Å². The molecular formula is C20H25N3O5S. The lowest BCUT2D eigenvalue weighted by Crippen LogP contribution is -2.43. The van der Waals surface area contributed by atoms with Gasteiger partial charge >= 0.3 is 5.97 Å². The van der Waals surface area contributed by atoms with Crippen LogP contribution in [-0.4, -0.2) is 65.9 Å². The van der Waals surface area contributed by atoms with Gasteiger partial charge in [0.15, 0.2) is 16.4 Å². The summed E-state index contributed by atoms with van der Waals surface area (Å²) < 4.78 is 28.7. The summed E-state index contributed by atoms with van der Waals surface area (Å²) in [5.41, 5.74) is 3.14. The highest BCUT2D eigenvalue weighted by atomic mass is 32.2. The number of aryl methyl sites for hydroxylation is 2. The Bertz CT molecular complexity index is 1050. The molecule has 0 aliphatic carbocycles. The van der Waals surface area contributed by atoms with Crippen molar-refractivity contribution in [2.45, 2.75) is 39.7 Å². The highest BCUT2D eigenvalue weighted by molar-refractivity contribution is 7.91. The second-order valence-electron chi connectivity index (χ2n) is 7.32. The second kappa shape index (κ2) is 8.44. The van der Waals surface area contributed by atoms with Crippen LogP contribution in [0.2, 0.25) is 0 Å². The molecule has 3 rings (SSSR count). The van der Waals surface area contributed by atoms with Gasteiger partial charge in [0.2, 0.25) is 0 Å². The molecule has 0 saturated carbocycles. The molecule has 1 aromatic heterocycles. The first-order chi connectivity index (χ1) is 13.7. The number of carbonyl (C=O) groups excluding carboxylic acids is 2. The predicted octanol–water partition coefficient (Wildman–Crippen LogP) is 1.83. The molecule has 0 bridgehead atoms. The van der Waals surface area contributed by atoms with Crippen molar-refractivity contribution in [3.05, 3.63) is 35.2 Å². The minimum absolute atomic E-state index is 0.0329. The maximum atomic E-state index is 12.6. The molecule has 1 saturated heterocycles. The summed E-state index contributed by atoms with van der Waals surface area (Å²) in [6.07, 6.45) is 1.11. The zero-order chi connectivity index (χ0) is 21.2. The van der Waals surface area contributed by atoms with Gasteiger partial charge in [0, 0.05) is 12.6 Å². The van der Waals surface area contributed by atoms with Crippen LogP contribution in [0.5, 0.6) is 0 Å². The largest absolute Gasteiger partial charge is 0.452 e. The first-order valence-corrected chi connectivity index (χ1v) is 11.4. The first-order valence-electron chi connectivity index (χ1n) is 9.62. The van der Waals surface area contributed by atoms with Crippen molar-refractivity contribution in [2.75, 3.05) is 24.7 Å². The molecule has 156 valence electrons. The molecule has 0 unspecified atom stereocenters. The number of fused-ring (bicyclic) bond motifs is 1. The summed E-state index contributed by atoms with van der Waals surface area (Å²) in [5.74, 6) is -0.957. The molecule has 1 atom stereocenters. The van der Waals surface area contributed by atoms with E-state index in [1.807, 2.05) is 20.8 Å². The number of hydrogen-bond donors (Lipinski definition) is 0. The van der Waals surface area contributed by atoms with Crippen LogP contribution in [0, 0.1) is 13.8 Å². The number of ether oxygens (including phenoxy) is 1. The van der Waals surface area contributed by atoms with E-state index in [-0.39, 0.29) is 29.0 Å². The van der Waals surface area contributed by atoms with Crippen LogP contribution in [-0.2, 0) is 19.4 Å². The molecule has 8 nitrogen and oxygen atoms in total. The van der Waals surface area contributed by atoms with E-state index in [0.29, 0.717) is 30.4 Å². The number of carbonyl (C=O) groups is 2. The van der Waals surface area contributed by atoms with Gasteiger partial charge in [-0.2, -0.15) is 0 Å². The van der Waals surface area contributed by atoms with E-state index in [2.05, 4.69) is 9.97 Å². The van der Waals surface area contributed by atoms with E-state index in [1.54, 1.807) is 18.2 Å². The van der Waals surface area contributed by atoms with Gasteiger partial charge in [0.05, 0.1) is 39.5 Å². The number of aromatic nitrogens is 2. The fourth-order valence-corrected chi connectivity index (χ4v) is 5.15. The van der Waals surface area contributed by atoms with Crippen LogP contribution in [0.1, 0.15) is 41.5 Å². The molecule has 2 aromatic rings. The van der Waals surface area contributed by atoms with Gasteiger partial charge in [0.25, 0.3) is 5.91 Å². The van der Waals surface area contributed by atoms with E-state index >= 15 is 0 Å². The smallest absolute Gasteiger partial charge is 0.338 e. The number of nitrogens with zero attached hydrogens (tertiary/aromatic N) is 3. The van der Waals surface area contributed by atoms with Crippen LogP contribution >= 0.6 is 0 Å². The molecule has 0 N–H and O–H groups in total. The third kappa shape index (κ3) is 4.90. The zero-order valence-corrected chi connectivity index (χ0v) is 17.7. The molecule has 1 aliphatic rings. The number of benzene rings is 1. The second-order valence-corrected chi connectivity index (χ2v) is 9.55. The number of amides is 1. The molecule has 9 heteroatoms. The van der Waals surface area contributed by atoms with Crippen molar-refractivity contribution < 1.29 is 22.7 Å². The first kappa shape index (κ1) is 21.2. The number of hydrogen-bond acceptors (Lipinski definition) is 7. The van der Waals surface area contributed by atoms with Gasteiger partial charge in [-0.3, -0.25) is 4.79 Å². The third-order valence-corrected chi connectivity index (χ3v) is 6.82. The van der Waals surface area contributed by atoms with E-state index in [9.17, 15) is 18.0 Å². The molecule has 1 aromatic carbocycles. The Balaban J connectivity index is 1.68. The molecule has 29 heavy (non-hydrogen) atoms. The lowest BCUT2D eigenvalue weighted by atomic mass is 10.2. The van der Waals surface area contributed by atoms with Gasteiger partial charge in [-0.1, -0.05) is 6.92 Å². The number of sulfone groups is 1. The summed E-state index contributed by atoms with van der Waals surface area (Å²) in [6.45, 7) is 5.63. The van der Waals surface area contributed by atoms with E-state index in [0.717, 1.165) is 11.4 Å². The standard InChI is InChI=1S/C20H25N3O5S/c1-4-8-23(16-7-9-29(26,27)12-16)19(24)11-28-20(25)15-5-6-17-18(10-15)22-14(3)13(2)21-17/h5-6,10,16H,4,7-9,11-12H2,1-3H3/t16-/m0/s1. The maximum Gasteiger partial charge on any atom is 0.338 e. The summed E-state index contributed by atoms with van der Waals surface area (Å²) in [5, 5.41) is 0. The van der Waals surface area contributed by atoms with E-state index < -0.39 is 22.4 Å². The molecule has 1 amide bonds. The minimum Gasteiger partial charge on any atom is -0.452 e. The van der Waals surface area contributed by atoms with Crippen molar-refractivity contribution in [1.29, 1.82) is 0 Å². The topological polar surface area (TPSA) is 107 Å². The van der Waals surface area contributed by atoms with Crippen molar-refractivity contribution in [1.82, 2.24) is 14.9 Å². The molecule has 0 radical (unpaired) electrons. The predicted molar refractivity (Wildman–Crippen MR) is 108 cm³/mol. The monoisotopic (exact) mass is 419 g/mol. The van der Waals surface area contributed by atoms with E-state index in [1.165, 1.54) is 4.90 Å². The quantitative estimate of drug-likeness (QED) is 0.658. The SMILES string of the molecule is CCCN(C(=O)COC(=O)c1ccc2nc(C)c(C)nc2c1)[C@H]1CCS(=O)(=O)C1. The summed E-state index contributed by atoms with van der Waals surface area (Å²) >= 11 is 0. The van der Waals surface area contributed by atoms with Gasteiger partial charge < -0.3 is 9.64 Å². The summed E-state index contributed by atoms with van der Waals surface area (Å²) in [4.78, 5) is 35.4. The minimum atomic E-state index is -3.11. The average Bonchev–Trinajstić information content (AvgIpc) is 3.03. The third-order valence-electron chi connectivity index (χ3n) is 5.07. The van der Waals surface area contributed by atoms with Gasteiger partial charge in [-0.15, -0.1) is 0 Å². The molecular weight excluding hydrogens is 394 g/mol. The van der Waals surface area contributed by atoms with Gasteiger partial charge in [-0.25, -0.2) is 23.2 Å². The Labute approximate surface area is 170 Å². The Kier molecular flexibility index (Phi) is 6.16. The van der Waals surface area contributed by atoms with Crippen molar-refractivity contribution in [3.8, 4) is 0 Å². The number of esters is 1. The van der Waals surface area contributed by atoms with Crippen LogP contribution in [0.15, 0.2) is 18.2 Å². The average molecular weight is 420 g/mol. The van der Waals surface area contributed by atoms with Crippen molar-refractivity contribution >= 4 is 32.7 Å². The van der Waals surface area contributed by atoms with E-state index in [4.69, 9.17) is 4.74 Å². The van der Waals surface area contributed by atoms with Gasteiger partial charge in [0.1, 0.15) is 0 Å². The summed E-state index contributed by atoms with van der Waals surface area (Å²) in [7, 11) is -3.11. The highest BCUT2D eigenvalue weighted by Crippen LogP contribution is 2.19. The van der Waals surface area contributed by atoms with Crippen LogP contribution in [0.3, 0.4) is 0 Å². The lowest BCUT2D eigenvalue weighted by Gasteiger charge is -2.27. The lowest BCUT2D eigenvalue weighted by molar-refractivity contribution is -0.136. The fourth-order valence-electron chi connectivity index (χ4n) is 3.42. The Morgan fingerprint density at radius 1 is 1.17 bits per heavy atom. The highest BCUT2D eigenvalue weighted by Gasteiger charge is 2.34. The normalized spacial score (nSPS) is 18.0. The Morgan fingerprint density at radius 2 is 1.86 bits per heavy atom. The zero-order valence-electron chi connectivity index (χ0n) is 16.8. The molecule has 2 heterocycles. The number of rotatable bonds is 6. The van der Waals surface area contributed by atoms with Gasteiger partial charge in [-0.05, 0) is 44.9 Å². The Hall–Kier alpha value is -2.55. The molecule has 1 fully saturated rings. The van der Waals surface area contributed by atoms with Crippen LogP contribution in [0.25, 0.3) is 11.0 Å². The molecule has 0 spiro atoms. The van der Waals surface area contributed by atoms with Crippen LogP contribution < -0.4 is 0 Å². The Morgan fingerprint density at radius 3 is 2.48 bits per heavy atom.